The molecule has 0 spiro atoms. The fourth-order valence-electron chi connectivity index (χ4n) is 3.08. The zero-order valence-corrected chi connectivity index (χ0v) is 15.4. The number of nitrogens with zero attached hydrogens (tertiary/aromatic N) is 3. The van der Waals surface area contributed by atoms with Crippen molar-refractivity contribution in [1.82, 2.24) is 10.2 Å². The zero-order chi connectivity index (χ0) is 19.1. The predicted octanol–water partition coefficient (Wildman–Crippen LogP) is 2.16. The van der Waals surface area contributed by atoms with Crippen molar-refractivity contribution in [3.63, 3.8) is 0 Å². The van der Waals surface area contributed by atoms with Gasteiger partial charge >= 0.3 is 0 Å². The number of anilines is 2. The third-order valence-corrected chi connectivity index (χ3v) is 4.43. The fourth-order valence-corrected chi connectivity index (χ4v) is 3.08. The Kier molecular flexibility index (Phi) is 6.25. The van der Waals surface area contributed by atoms with Gasteiger partial charge in [0, 0.05) is 44.6 Å². The van der Waals surface area contributed by atoms with Gasteiger partial charge in [-0.05, 0) is 30.3 Å². The summed E-state index contributed by atoms with van der Waals surface area (Å²) in [6, 6.07) is 16.2. The van der Waals surface area contributed by atoms with Crippen molar-refractivity contribution < 1.29 is 9.18 Å². The SMILES string of the molecule is CN=C(NCC(=O)Nc1cccc(F)c1)N1CCN(c2ccccc2)CC1. The molecule has 0 saturated carbocycles. The Morgan fingerprint density at radius 1 is 1.07 bits per heavy atom. The average Bonchev–Trinajstić information content (AvgIpc) is 2.69. The van der Waals surface area contributed by atoms with Crippen LogP contribution in [0, 0.1) is 5.82 Å². The van der Waals surface area contributed by atoms with E-state index in [2.05, 4.69) is 37.6 Å². The number of guanidine groups is 1. The number of carbonyl (C=O) groups is 1. The van der Waals surface area contributed by atoms with E-state index in [1.807, 2.05) is 18.2 Å². The molecular weight excluding hydrogens is 345 g/mol. The Labute approximate surface area is 158 Å². The first-order chi connectivity index (χ1) is 13.2. The van der Waals surface area contributed by atoms with Gasteiger partial charge in [-0.25, -0.2) is 4.39 Å². The van der Waals surface area contributed by atoms with E-state index in [0.29, 0.717) is 11.6 Å². The lowest BCUT2D eigenvalue weighted by Crippen LogP contribution is -2.53. The van der Waals surface area contributed by atoms with E-state index >= 15 is 0 Å². The lowest BCUT2D eigenvalue weighted by Gasteiger charge is -2.37. The van der Waals surface area contributed by atoms with Gasteiger partial charge in [0.25, 0.3) is 0 Å². The van der Waals surface area contributed by atoms with Crippen molar-refractivity contribution in [1.29, 1.82) is 0 Å². The summed E-state index contributed by atoms with van der Waals surface area (Å²) >= 11 is 0. The maximum atomic E-state index is 13.2. The van der Waals surface area contributed by atoms with Gasteiger partial charge in [0.05, 0.1) is 6.54 Å². The van der Waals surface area contributed by atoms with Crippen LogP contribution in [0.25, 0.3) is 0 Å². The van der Waals surface area contributed by atoms with Gasteiger partial charge in [0.2, 0.25) is 5.91 Å². The minimum atomic E-state index is -0.382. The third-order valence-electron chi connectivity index (χ3n) is 4.43. The number of hydrogen-bond donors (Lipinski definition) is 2. The first-order valence-electron chi connectivity index (χ1n) is 8.97. The summed E-state index contributed by atoms with van der Waals surface area (Å²) in [4.78, 5) is 20.8. The smallest absolute Gasteiger partial charge is 0.243 e. The van der Waals surface area contributed by atoms with Crippen LogP contribution >= 0.6 is 0 Å². The number of aliphatic imine (C=N–C) groups is 1. The van der Waals surface area contributed by atoms with Gasteiger partial charge in [-0.3, -0.25) is 9.79 Å². The highest BCUT2D eigenvalue weighted by molar-refractivity contribution is 5.95. The van der Waals surface area contributed by atoms with Gasteiger partial charge in [-0.15, -0.1) is 0 Å². The number of nitrogens with one attached hydrogen (secondary N) is 2. The molecular formula is C20H24FN5O. The summed E-state index contributed by atoms with van der Waals surface area (Å²) in [6.45, 7) is 3.49. The number of para-hydroxylation sites is 1. The number of rotatable bonds is 4. The summed E-state index contributed by atoms with van der Waals surface area (Å²) in [7, 11) is 1.70. The minimum absolute atomic E-state index is 0.0715. The Hall–Kier alpha value is -3.09. The molecule has 0 bridgehead atoms. The van der Waals surface area contributed by atoms with Crippen molar-refractivity contribution in [2.24, 2.45) is 4.99 Å². The van der Waals surface area contributed by atoms with E-state index in [1.54, 1.807) is 19.2 Å². The van der Waals surface area contributed by atoms with E-state index < -0.39 is 0 Å². The number of amides is 1. The highest BCUT2D eigenvalue weighted by Gasteiger charge is 2.20. The third kappa shape index (κ3) is 5.20. The molecule has 1 aliphatic rings. The van der Waals surface area contributed by atoms with Crippen LogP contribution in [-0.4, -0.2) is 56.5 Å². The first kappa shape index (κ1) is 18.7. The molecule has 2 N–H and O–H groups in total. The number of benzene rings is 2. The zero-order valence-electron chi connectivity index (χ0n) is 15.4. The van der Waals surface area contributed by atoms with Crippen LogP contribution < -0.4 is 15.5 Å². The number of hydrogen-bond acceptors (Lipinski definition) is 3. The van der Waals surface area contributed by atoms with Crippen LogP contribution in [0.5, 0.6) is 0 Å². The molecule has 1 saturated heterocycles. The van der Waals surface area contributed by atoms with Crippen LogP contribution in [0.3, 0.4) is 0 Å². The second-order valence-corrected chi connectivity index (χ2v) is 6.27. The van der Waals surface area contributed by atoms with Gasteiger partial charge in [-0.1, -0.05) is 24.3 Å². The maximum absolute atomic E-state index is 13.2. The van der Waals surface area contributed by atoms with Crippen LogP contribution in [0.4, 0.5) is 15.8 Å². The Morgan fingerprint density at radius 2 is 1.81 bits per heavy atom. The molecule has 1 fully saturated rings. The number of carbonyl (C=O) groups excluding carboxylic acids is 1. The van der Waals surface area contributed by atoms with Crippen LogP contribution in [0.1, 0.15) is 0 Å². The van der Waals surface area contributed by atoms with E-state index in [1.165, 1.54) is 17.8 Å². The van der Waals surface area contributed by atoms with Crippen LogP contribution in [-0.2, 0) is 4.79 Å². The molecule has 6 nitrogen and oxygen atoms in total. The molecule has 27 heavy (non-hydrogen) atoms. The summed E-state index contributed by atoms with van der Waals surface area (Å²) in [5.41, 5.74) is 1.66. The monoisotopic (exact) mass is 369 g/mol. The quantitative estimate of drug-likeness (QED) is 0.641. The van der Waals surface area contributed by atoms with E-state index in [4.69, 9.17) is 0 Å². The second kappa shape index (κ2) is 9.02. The van der Waals surface area contributed by atoms with Gasteiger partial charge < -0.3 is 20.4 Å². The number of piperazine rings is 1. The predicted molar refractivity (Wildman–Crippen MR) is 107 cm³/mol. The largest absolute Gasteiger partial charge is 0.368 e. The molecule has 2 aromatic rings. The fraction of sp³-hybridized carbons (Fsp3) is 0.300. The molecule has 0 aromatic heterocycles. The van der Waals surface area contributed by atoms with E-state index in [9.17, 15) is 9.18 Å². The Morgan fingerprint density at radius 3 is 2.48 bits per heavy atom. The number of halogens is 1. The standard InChI is InChI=1S/C20H24FN5O/c1-22-20(23-15-19(27)24-17-7-5-6-16(21)14-17)26-12-10-25(11-13-26)18-8-3-2-4-9-18/h2-9,14H,10-13,15H2,1H3,(H,22,23)(H,24,27). The summed E-state index contributed by atoms with van der Waals surface area (Å²) < 4.78 is 13.2. The lowest BCUT2D eigenvalue weighted by molar-refractivity contribution is -0.115. The van der Waals surface area contributed by atoms with Gasteiger partial charge in [0.1, 0.15) is 5.82 Å². The molecule has 1 amide bonds. The molecule has 142 valence electrons. The maximum Gasteiger partial charge on any atom is 0.243 e. The van der Waals surface area contributed by atoms with Crippen LogP contribution in [0.15, 0.2) is 59.6 Å². The van der Waals surface area contributed by atoms with Gasteiger partial charge in [0.15, 0.2) is 5.96 Å². The van der Waals surface area contributed by atoms with Crippen molar-refractivity contribution >= 4 is 23.2 Å². The molecule has 2 aromatic carbocycles. The average molecular weight is 369 g/mol. The lowest BCUT2D eigenvalue weighted by atomic mass is 10.2. The van der Waals surface area contributed by atoms with Crippen molar-refractivity contribution in [3.8, 4) is 0 Å². The highest BCUT2D eigenvalue weighted by Crippen LogP contribution is 2.15. The van der Waals surface area contributed by atoms with Crippen molar-refractivity contribution in [3.05, 3.63) is 60.4 Å². The topological polar surface area (TPSA) is 60.0 Å². The Balaban J connectivity index is 1.47. The normalized spacial score (nSPS) is 14.8. The summed E-state index contributed by atoms with van der Waals surface area (Å²) in [5, 5.41) is 5.75. The molecule has 0 atom stereocenters. The van der Waals surface area contributed by atoms with Crippen LogP contribution in [0.2, 0.25) is 0 Å². The molecule has 0 aliphatic carbocycles. The van der Waals surface area contributed by atoms with Gasteiger partial charge in [-0.2, -0.15) is 0 Å². The highest BCUT2D eigenvalue weighted by atomic mass is 19.1. The Bertz CT molecular complexity index is 788. The first-order valence-corrected chi connectivity index (χ1v) is 8.97. The van der Waals surface area contributed by atoms with Crippen molar-refractivity contribution in [2.45, 2.75) is 0 Å². The van der Waals surface area contributed by atoms with E-state index in [-0.39, 0.29) is 18.3 Å². The molecule has 7 heteroatoms. The molecule has 3 rings (SSSR count). The second-order valence-electron chi connectivity index (χ2n) is 6.27. The molecule has 0 radical (unpaired) electrons. The minimum Gasteiger partial charge on any atom is -0.368 e. The molecule has 0 unspecified atom stereocenters. The van der Waals surface area contributed by atoms with E-state index in [0.717, 1.165) is 26.2 Å². The summed E-state index contributed by atoms with van der Waals surface area (Å²) in [6.07, 6.45) is 0. The summed E-state index contributed by atoms with van der Waals surface area (Å²) in [5.74, 6) is 0.0645. The molecule has 1 aliphatic heterocycles. The molecule has 1 heterocycles. The van der Waals surface area contributed by atoms with Crippen molar-refractivity contribution in [2.75, 3.05) is 50.0 Å².